The number of esters is 2. The van der Waals surface area contributed by atoms with Crippen molar-refractivity contribution in [1.29, 1.82) is 0 Å². The quantitative estimate of drug-likeness (QED) is 0.541. The average Bonchev–Trinajstić information content (AvgIpc) is 2.99. The Bertz CT molecular complexity index is 630. The molecule has 0 saturated carbocycles. The number of carbonyl (C=O) groups excluding carboxylic acids is 3. The highest BCUT2D eigenvalue weighted by molar-refractivity contribution is 5.94. The first-order valence-electron chi connectivity index (χ1n) is 9.00. The first-order valence-corrected chi connectivity index (χ1v) is 9.00. The number of methoxy groups -OCH3 is 1. The number of hydrogen-bond acceptors (Lipinski definition) is 7. The minimum atomic E-state index is -1.79. The fourth-order valence-corrected chi connectivity index (χ4v) is 3.94. The fourth-order valence-electron chi connectivity index (χ4n) is 3.94. The highest BCUT2D eigenvalue weighted by Gasteiger charge is 2.60. The molecule has 0 bridgehead atoms. The van der Waals surface area contributed by atoms with Crippen molar-refractivity contribution >= 4 is 23.9 Å². The fraction of sp³-hybridized carbons (Fsp3) is 0.778. The third-order valence-corrected chi connectivity index (χ3v) is 5.17. The minimum absolute atomic E-state index is 0.0631. The van der Waals surface area contributed by atoms with Crippen molar-refractivity contribution in [1.82, 2.24) is 10.2 Å². The van der Waals surface area contributed by atoms with E-state index in [1.165, 1.54) is 6.92 Å². The molecule has 10 heteroatoms. The Morgan fingerprint density at radius 1 is 1.29 bits per heavy atom. The van der Waals surface area contributed by atoms with Crippen molar-refractivity contribution in [2.45, 2.75) is 58.7 Å². The van der Waals surface area contributed by atoms with E-state index in [9.17, 15) is 29.4 Å². The van der Waals surface area contributed by atoms with E-state index >= 15 is 0 Å². The normalized spacial score (nSPS) is 24.2. The number of nitrogens with one attached hydrogen (secondary N) is 1. The van der Waals surface area contributed by atoms with Crippen LogP contribution < -0.4 is 5.32 Å². The maximum atomic E-state index is 13.3. The molecule has 1 saturated heterocycles. The molecule has 1 rings (SSSR count). The second kappa shape index (κ2) is 8.76. The number of rotatable bonds is 6. The Morgan fingerprint density at radius 3 is 2.25 bits per heavy atom. The Hall–Kier alpha value is -2.36. The summed E-state index contributed by atoms with van der Waals surface area (Å²) in [4.78, 5) is 49.3. The third kappa shape index (κ3) is 4.54. The largest absolute Gasteiger partial charge is 0.467 e. The number of aliphatic hydroxyl groups excluding tert-OH is 1. The molecule has 3 N–H and O–H groups in total. The molecule has 0 spiro atoms. The highest BCUT2D eigenvalue weighted by Crippen LogP contribution is 2.45. The molecular weight excluding hydrogens is 372 g/mol. The molecule has 10 nitrogen and oxygen atoms in total. The van der Waals surface area contributed by atoms with Crippen molar-refractivity contribution in [3.8, 4) is 0 Å². The standard InChI is InChI=1S/C18H30N2O8/c1-10(28-11(2)22)13(14(23)27-6)19-15(24)18(9-21)12(17(3,4)5)7-8-20(18)16(25)26/h10,12-13,21H,7-9H2,1-6H3,(H,19,24)(H,25,26)/t10-,12?,13+,18?/m1/s1. The maximum absolute atomic E-state index is 13.3. The van der Waals surface area contributed by atoms with E-state index < -0.39 is 59.6 Å². The smallest absolute Gasteiger partial charge is 0.408 e. The molecule has 2 unspecified atom stereocenters. The molecule has 2 amide bonds. The first-order chi connectivity index (χ1) is 12.8. The number of amides is 2. The molecule has 0 aliphatic carbocycles. The molecule has 0 aromatic heterocycles. The summed E-state index contributed by atoms with van der Waals surface area (Å²) in [6, 6.07) is -1.36. The van der Waals surface area contributed by atoms with Crippen molar-refractivity contribution in [3.63, 3.8) is 0 Å². The van der Waals surface area contributed by atoms with Gasteiger partial charge in [0, 0.05) is 19.4 Å². The zero-order valence-electron chi connectivity index (χ0n) is 17.1. The number of aliphatic hydroxyl groups is 1. The van der Waals surface area contributed by atoms with E-state index in [0.29, 0.717) is 6.42 Å². The van der Waals surface area contributed by atoms with E-state index in [0.717, 1.165) is 18.9 Å². The number of ether oxygens (including phenoxy) is 2. The van der Waals surface area contributed by atoms with Crippen molar-refractivity contribution in [2.75, 3.05) is 20.3 Å². The second-order valence-corrected chi connectivity index (χ2v) is 8.01. The first kappa shape index (κ1) is 23.7. The van der Waals surface area contributed by atoms with Gasteiger partial charge in [-0.25, -0.2) is 9.59 Å². The molecule has 1 fully saturated rings. The Labute approximate surface area is 164 Å². The third-order valence-electron chi connectivity index (χ3n) is 5.17. The number of carboxylic acid groups (broad SMARTS) is 1. The van der Waals surface area contributed by atoms with Gasteiger partial charge in [-0.2, -0.15) is 0 Å². The van der Waals surface area contributed by atoms with Crippen LogP contribution in [0.4, 0.5) is 4.79 Å². The minimum Gasteiger partial charge on any atom is -0.467 e. The van der Waals surface area contributed by atoms with Crippen LogP contribution in [0, 0.1) is 11.3 Å². The second-order valence-electron chi connectivity index (χ2n) is 8.01. The zero-order valence-corrected chi connectivity index (χ0v) is 17.1. The van der Waals surface area contributed by atoms with Crippen LogP contribution in [0.2, 0.25) is 0 Å². The van der Waals surface area contributed by atoms with Gasteiger partial charge < -0.3 is 25.0 Å². The van der Waals surface area contributed by atoms with Crippen LogP contribution in [0.25, 0.3) is 0 Å². The van der Waals surface area contributed by atoms with Gasteiger partial charge >= 0.3 is 18.0 Å². The van der Waals surface area contributed by atoms with Crippen LogP contribution in [-0.4, -0.2) is 77.0 Å². The number of likely N-dealkylation sites (tertiary alicyclic amines) is 1. The van der Waals surface area contributed by atoms with E-state index in [-0.39, 0.29) is 6.54 Å². The predicted octanol–water partition coefficient (Wildman–Crippen LogP) is 0.373. The molecule has 0 aromatic rings. The van der Waals surface area contributed by atoms with Gasteiger partial charge in [0.2, 0.25) is 5.91 Å². The molecule has 1 aliphatic rings. The van der Waals surface area contributed by atoms with Crippen LogP contribution >= 0.6 is 0 Å². The lowest BCUT2D eigenvalue weighted by Crippen LogP contribution is -2.67. The van der Waals surface area contributed by atoms with Crippen LogP contribution in [0.1, 0.15) is 41.0 Å². The Kier molecular flexibility index (Phi) is 7.41. The molecule has 1 aliphatic heterocycles. The SMILES string of the molecule is COC(=O)[C@@H](NC(=O)C1(CO)C(C(C)(C)C)CCN1C(=O)O)[C@@H](C)OC(C)=O. The predicted molar refractivity (Wildman–Crippen MR) is 97.3 cm³/mol. The van der Waals surface area contributed by atoms with Gasteiger partial charge in [0.05, 0.1) is 13.7 Å². The van der Waals surface area contributed by atoms with Gasteiger partial charge in [0.1, 0.15) is 6.10 Å². The average molecular weight is 402 g/mol. The molecule has 160 valence electrons. The van der Waals surface area contributed by atoms with E-state index in [1.54, 1.807) is 0 Å². The summed E-state index contributed by atoms with van der Waals surface area (Å²) >= 11 is 0. The van der Waals surface area contributed by atoms with Gasteiger partial charge in [0.25, 0.3) is 0 Å². The van der Waals surface area contributed by atoms with Crippen LogP contribution in [0.3, 0.4) is 0 Å². The molecule has 0 aromatic carbocycles. The van der Waals surface area contributed by atoms with Crippen LogP contribution in [-0.2, 0) is 23.9 Å². The summed E-state index contributed by atoms with van der Waals surface area (Å²) < 4.78 is 9.66. The van der Waals surface area contributed by atoms with Crippen LogP contribution in [0.5, 0.6) is 0 Å². The van der Waals surface area contributed by atoms with Crippen molar-refractivity contribution in [2.24, 2.45) is 11.3 Å². The summed E-state index contributed by atoms with van der Waals surface area (Å²) in [7, 11) is 1.11. The lowest BCUT2D eigenvalue weighted by Gasteiger charge is -2.43. The molecule has 4 atom stereocenters. The maximum Gasteiger partial charge on any atom is 0.408 e. The summed E-state index contributed by atoms with van der Waals surface area (Å²) in [5.74, 6) is -2.87. The van der Waals surface area contributed by atoms with E-state index in [2.05, 4.69) is 10.1 Å². The van der Waals surface area contributed by atoms with Gasteiger partial charge in [-0.1, -0.05) is 20.8 Å². The lowest BCUT2D eigenvalue weighted by atomic mass is 9.69. The summed E-state index contributed by atoms with van der Waals surface area (Å²) in [6.45, 7) is 7.40. The molecule has 1 heterocycles. The van der Waals surface area contributed by atoms with Crippen molar-refractivity contribution in [3.05, 3.63) is 0 Å². The molecule has 0 radical (unpaired) electrons. The number of hydrogen-bond donors (Lipinski definition) is 3. The lowest BCUT2D eigenvalue weighted by molar-refractivity contribution is -0.158. The molecular formula is C18H30N2O8. The summed E-state index contributed by atoms with van der Waals surface area (Å²) in [5, 5.41) is 22.2. The summed E-state index contributed by atoms with van der Waals surface area (Å²) in [6.07, 6.45) is -2.04. The van der Waals surface area contributed by atoms with Crippen molar-refractivity contribution < 1.29 is 38.9 Å². The van der Waals surface area contributed by atoms with E-state index in [4.69, 9.17) is 4.74 Å². The van der Waals surface area contributed by atoms with Gasteiger partial charge in [-0.15, -0.1) is 0 Å². The topological polar surface area (TPSA) is 142 Å². The van der Waals surface area contributed by atoms with Gasteiger partial charge in [-0.3, -0.25) is 14.5 Å². The monoisotopic (exact) mass is 402 g/mol. The Balaban J connectivity index is 3.34. The zero-order chi connectivity index (χ0) is 21.9. The van der Waals surface area contributed by atoms with Gasteiger partial charge in [-0.05, 0) is 18.8 Å². The number of carbonyl (C=O) groups is 4. The van der Waals surface area contributed by atoms with E-state index in [1.807, 2.05) is 20.8 Å². The number of nitrogens with zero attached hydrogens (tertiary/aromatic N) is 1. The Morgan fingerprint density at radius 2 is 1.86 bits per heavy atom. The van der Waals surface area contributed by atoms with Gasteiger partial charge in [0.15, 0.2) is 11.6 Å². The summed E-state index contributed by atoms with van der Waals surface area (Å²) in [5.41, 5.74) is -2.29. The van der Waals surface area contributed by atoms with Crippen LogP contribution in [0.15, 0.2) is 0 Å². The molecule has 28 heavy (non-hydrogen) atoms. The highest BCUT2D eigenvalue weighted by atomic mass is 16.6.